The van der Waals surface area contributed by atoms with Gasteiger partial charge in [-0.2, -0.15) is 10.2 Å². The summed E-state index contributed by atoms with van der Waals surface area (Å²) in [6, 6.07) is 35.6. The summed E-state index contributed by atoms with van der Waals surface area (Å²) in [5.74, 6) is 0. The van der Waals surface area contributed by atoms with Crippen molar-refractivity contribution in [1.82, 2.24) is 10.9 Å². The van der Waals surface area contributed by atoms with Crippen LogP contribution in [0.2, 0.25) is 0 Å². The van der Waals surface area contributed by atoms with Gasteiger partial charge in [0.05, 0.1) is 12.4 Å². The Labute approximate surface area is 187 Å². The van der Waals surface area contributed by atoms with Crippen molar-refractivity contribution in [3.8, 4) is 22.3 Å². The van der Waals surface area contributed by atoms with Crippen LogP contribution in [0, 0.1) is 0 Å². The molecule has 0 atom stereocenters. The number of hydrazone groups is 2. The first kappa shape index (κ1) is 20.8. The molecule has 0 aliphatic carbocycles. The highest BCUT2D eigenvalue weighted by Gasteiger charge is 1.98. The highest BCUT2D eigenvalue weighted by atomic mass is 16.2. The van der Waals surface area contributed by atoms with Crippen LogP contribution >= 0.6 is 0 Å². The van der Waals surface area contributed by atoms with Crippen LogP contribution in [-0.2, 0) is 0 Å². The Morgan fingerprint density at radius 3 is 1.22 bits per heavy atom. The highest BCUT2D eigenvalue weighted by Crippen LogP contribution is 2.19. The first-order valence-electron chi connectivity index (χ1n) is 10.2. The van der Waals surface area contributed by atoms with Crippen molar-refractivity contribution in [3.05, 3.63) is 120 Å². The molecule has 0 aromatic heterocycles. The molecule has 0 bridgehead atoms. The number of benzene rings is 4. The average Bonchev–Trinajstić information content (AvgIpc) is 2.86. The summed E-state index contributed by atoms with van der Waals surface area (Å²) in [4.78, 5) is 11.9. The van der Waals surface area contributed by atoms with E-state index < -0.39 is 6.03 Å². The zero-order valence-corrected chi connectivity index (χ0v) is 17.3. The lowest BCUT2D eigenvalue weighted by molar-refractivity contribution is 0.242. The fourth-order valence-electron chi connectivity index (χ4n) is 3.14. The van der Waals surface area contributed by atoms with Gasteiger partial charge in [-0.25, -0.2) is 15.6 Å². The number of urea groups is 1. The van der Waals surface area contributed by atoms with E-state index in [4.69, 9.17) is 0 Å². The van der Waals surface area contributed by atoms with Crippen molar-refractivity contribution in [2.45, 2.75) is 0 Å². The molecule has 0 fully saturated rings. The van der Waals surface area contributed by atoms with Crippen molar-refractivity contribution in [3.63, 3.8) is 0 Å². The molecule has 0 spiro atoms. The van der Waals surface area contributed by atoms with E-state index in [1.807, 2.05) is 84.9 Å². The molecule has 32 heavy (non-hydrogen) atoms. The maximum atomic E-state index is 11.9. The highest BCUT2D eigenvalue weighted by molar-refractivity contribution is 5.84. The van der Waals surface area contributed by atoms with Gasteiger partial charge in [-0.05, 0) is 33.4 Å². The summed E-state index contributed by atoms with van der Waals surface area (Å²) in [5, 5.41) is 7.91. The molecule has 156 valence electrons. The maximum Gasteiger partial charge on any atom is 0.355 e. The quantitative estimate of drug-likeness (QED) is 0.307. The first-order valence-corrected chi connectivity index (χ1v) is 10.2. The van der Waals surface area contributed by atoms with Crippen molar-refractivity contribution in [2.75, 3.05) is 0 Å². The van der Waals surface area contributed by atoms with Crippen LogP contribution in [0.1, 0.15) is 11.1 Å². The van der Waals surface area contributed by atoms with Gasteiger partial charge < -0.3 is 0 Å². The minimum atomic E-state index is -0.515. The first-order chi connectivity index (χ1) is 15.8. The molecule has 2 amide bonds. The molecular weight excluding hydrogens is 396 g/mol. The zero-order valence-electron chi connectivity index (χ0n) is 17.3. The van der Waals surface area contributed by atoms with Gasteiger partial charge in [-0.15, -0.1) is 0 Å². The molecule has 4 aromatic rings. The van der Waals surface area contributed by atoms with E-state index in [1.165, 1.54) is 0 Å². The third-order valence-electron chi connectivity index (χ3n) is 4.80. The van der Waals surface area contributed by atoms with Crippen LogP contribution in [0.25, 0.3) is 22.3 Å². The van der Waals surface area contributed by atoms with Crippen molar-refractivity contribution in [2.24, 2.45) is 10.2 Å². The summed E-state index contributed by atoms with van der Waals surface area (Å²) in [6.45, 7) is 0. The lowest BCUT2D eigenvalue weighted by Crippen LogP contribution is -2.28. The number of carbonyl (C=O) groups excluding carboxylic acids is 1. The minimum Gasteiger partial charge on any atom is -0.245 e. The molecular formula is C27H22N4O. The third kappa shape index (κ3) is 5.77. The number of rotatable bonds is 6. The lowest BCUT2D eigenvalue weighted by atomic mass is 10.0. The second-order valence-electron chi connectivity index (χ2n) is 7.05. The lowest BCUT2D eigenvalue weighted by Gasteiger charge is -2.02. The van der Waals surface area contributed by atoms with Gasteiger partial charge in [-0.3, -0.25) is 0 Å². The SMILES string of the molecule is O=C(N/N=C/c1ccc(-c2ccccc2)cc1)N/N=C/c1ccc(-c2ccccc2)cc1. The van der Waals surface area contributed by atoms with E-state index in [0.29, 0.717) is 0 Å². The Morgan fingerprint density at radius 1 is 0.500 bits per heavy atom. The van der Waals surface area contributed by atoms with E-state index in [-0.39, 0.29) is 0 Å². The van der Waals surface area contributed by atoms with Crippen LogP contribution in [0.4, 0.5) is 4.79 Å². The minimum absolute atomic E-state index is 0.515. The Kier molecular flexibility index (Phi) is 6.81. The number of nitrogens with zero attached hydrogens (tertiary/aromatic N) is 2. The van der Waals surface area contributed by atoms with Crippen molar-refractivity contribution < 1.29 is 4.79 Å². The van der Waals surface area contributed by atoms with Crippen LogP contribution in [-0.4, -0.2) is 18.5 Å². The summed E-state index contributed by atoms with van der Waals surface area (Å²) in [6.07, 6.45) is 3.17. The van der Waals surface area contributed by atoms with Gasteiger partial charge in [-0.1, -0.05) is 109 Å². The normalized spacial score (nSPS) is 11.0. The molecule has 0 saturated heterocycles. The summed E-state index contributed by atoms with van der Waals surface area (Å²) in [5.41, 5.74) is 11.1. The maximum absolute atomic E-state index is 11.9. The largest absolute Gasteiger partial charge is 0.355 e. The molecule has 5 heteroatoms. The predicted molar refractivity (Wildman–Crippen MR) is 131 cm³/mol. The molecule has 0 heterocycles. The Balaban J connectivity index is 1.25. The van der Waals surface area contributed by atoms with E-state index in [9.17, 15) is 4.79 Å². The van der Waals surface area contributed by atoms with Crippen molar-refractivity contribution in [1.29, 1.82) is 0 Å². The zero-order chi connectivity index (χ0) is 22.0. The predicted octanol–water partition coefficient (Wildman–Crippen LogP) is 5.69. The molecule has 4 rings (SSSR count). The molecule has 0 radical (unpaired) electrons. The number of hydrogen-bond acceptors (Lipinski definition) is 3. The smallest absolute Gasteiger partial charge is 0.245 e. The van der Waals surface area contributed by atoms with Gasteiger partial charge in [0.25, 0.3) is 0 Å². The van der Waals surface area contributed by atoms with Gasteiger partial charge in [0.2, 0.25) is 0 Å². The van der Waals surface area contributed by atoms with E-state index in [2.05, 4.69) is 45.3 Å². The number of amides is 2. The number of hydrogen-bond donors (Lipinski definition) is 2. The molecule has 5 nitrogen and oxygen atoms in total. The van der Waals surface area contributed by atoms with Gasteiger partial charge >= 0.3 is 6.03 Å². The van der Waals surface area contributed by atoms with Crippen LogP contribution in [0.5, 0.6) is 0 Å². The molecule has 0 aliphatic rings. The van der Waals surface area contributed by atoms with E-state index in [1.54, 1.807) is 12.4 Å². The standard InChI is InChI=1S/C27H22N4O/c32-27(30-28-19-21-11-15-25(16-12-21)23-7-3-1-4-8-23)31-29-20-22-13-17-26(18-14-22)24-9-5-2-6-10-24/h1-20H,(H2,30,31,32)/b28-19+,29-20+. The molecule has 0 unspecified atom stereocenters. The number of carbonyl (C=O) groups is 1. The Hall–Kier alpha value is -4.51. The van der Waals surface area contributed by atoms with E-state index in [0.717, 1.165) is 33.4 Å². The summed E-state index contributed by atoms with van der Waals surface area (Å²) >= 11 is 0. The molecule has 4 aromatic carbocycles. The third-order valence-corrected chi connectivity index (χ3v) is 4.80. The Morgan fingerprint density at radius 2 is 0.844 bits per heavy atom. The van der Waals surface area contributed by atoms with Crippen molar-refractivity contribution >= 4 is 18.5 Å². The fourth-order valence-corrected chi connectivity index (χ4v) is 3.14. The monoisotopic (exact) mass is 418 g/mol. The second kappa shape index (κ2) is 10.5. The van der Waals surface area contributed by atoms with Crippen LogP contribution < -0.4 is 10.9 Å². The number of nitrogens with one attached hydrogen (secondary N) is 2. The van der Waals surface area contributed by atoms with Crippen LogP contribution in [0.15, 0.2) is 119 Å². The Bertz CT molecular complexity index is 1100. The topological polar surface area (TPSA) is 65.8 Å². The summed E-state index contributed by atoms with van der Waals surface area (Å²) < 4.78 is 0. The second-order valence-corrected chi connectivity index (χ2v) is 7.05. The molecule has 2 N–H and O–H groups in total. The van der Waals surface area contributed by atoms with Gasteiger partial charge in [0.15, 0.2) is 0 Å². The average molecular weight is 419 g/mol. The van der Waals surface area contributed by atoms with E-state index >= 15 is 0 Å². The van der Waals surface area contributed by atoms with Gasteiger partial charge in [0.1, 0.15) is 0 Å². The summed E-state index contributed by atoms with van der Waals surface area (Å²) in [7, 11) is 0. The molecule has 0 aliphatic heterocycles. The van der Waals surface area contributed by atoms with Crippen LogP contribution in [0.3, 0.4) is 0 Å². The molecule has 0 saturated carbocycles. The fraction of sp³-hybridized carbons (Fsp3) is 0. The van der Waals surface area contributed by atoms with Gasteiger partial charge in [0, 0.05) is 0 Å².